The molecule has 0 radical (unpaired) electrons. The Bertz CT molecular complexity index is 280. The zero-order valence-corrected chi connectivity index (χ0v) is 9.77. The predicted molar refractivity (Wildman–Crippen MR) is 61.7 cm³/mol. The predicted octanol–water partition coefficient (Wildman–Crippen LogP) is 2.41. The average Bonchev–Trinajstić information content (AvgIpc) is 2.23. The van der Waals surface area contributed by atoms with Gasteiger partial charge in [-0.2, -0.15) is 0 Å². The standard InChI is InChI=1S/C12H20N2O/c1-4-11(5-2)14(3)9-10-6-7-12(15)8-13-10/h6-8,11,15H,4-5,9H2,1-3H3. The van der Waals surface area contributed by atoms with Gasteiger partial charge in [0.15, 0.2) is 0 Å². The molecule has 0 aliphatic carbocycles. The summed E-state index contributed by atoms with van der Waals surface area (Å²) in [5, 5.41) is 9.12. The van der Waals surface area contributed by atoms with Gasteiger partial charge in [0.25, 0.3) is 0 Å². The van der Waals surface area contributed by atoms with Crippen LogP contribution in [0.2, 0.25) is 0 Å². The monoisotopic (exact) mass is 208 g/mol. The van der Waals surface area contributed by atoms with Crippen LogP contribution < -0.4 is 0 Å². The van der Waals surface area contributed by atoms with Crippen molar-refractivity contribution in [1.82, 2.24) is 9.88 Å². The summed E-state index contributed by atoms with van der Waals surface area (Å²) in [6.45, 7) is 5.25. The fraction of sp³-hybridized carbons (Fsp3) is 0.583. The van der Waals surface area contributed by atoms with Gasteiger partial charge in [0, 0.05) is 12.6 Å². The van der Waals surface area contributed by atoms with E-state index in [1.165, 1.54) is 6.20 Å². The van der Waals surface area contributed by atoms with Crippen molar-refractivity contribution < 1.29 is 5.11 Å². The van der Waals surface area contributed by atoms with Crippen LogP contribution in [0, 0.1) is 0 Å². The number of hydrogen-bond donors (Lipinski definition) is 1. The topological polar surface area (TPSA) is 36.4 Å². The van der Waals surface area contributed by atoms with Crippen molar-refractivity contribution >= 4 is 0 Å². The van der Waals surface area contributed by atoms with Gasteiger partial charge < -0.3 is 5.11 Å². The highest BCUT2D eigenvalue weighted by Gasteiger charge is 2.10. The number of pyridine rings is 1. The molecule has 3 nitrogen and oxygen atoms in total. The van der Waals surface area contributed by atoms with E-state index >= 15 is 0 Å². The second-order valence-electron chi connectivity index (χ2n) is 3.89. The van der Waals surface area contributed by atoms with Crippen LogP contribution in [0.4, 0.5) is 0 Å². The molecule has 1 N–H and O–H groups in total. The first-order valence-corrected chi connectivity index (χ1v) is 5.51. The van der Waals surface area contributed by atoms with Crippen LogP contribution in [-0.4, -0.2) is 28.1 Å². The van der Waals surface area contributed by atoms with Gasteiger partial charge in [-0.1, -0.05) is 13.8 Å². The zero-order valence-electron chi connectivity index (χ0n) is 9.77. The lowest BCUT2D eigenvalue weighted by Gasteiger charge is -2.25. The molecule has 0 saturated carbocycles. The van der Waals surface area contributed by atoms with Crippen LogP contribution in [-0.2, 0) is 6.54 Å². The molecular formula is C12H20N2O. The third kappa shape index (κ3) is 3.51. The normalized spacial score (nSPS) is 11.3. The molecule has 0 unspecified atom stereocenters. The Morgan fingerprint density at radius 1 is 1.33 bits per heavy atom. The van der Waals surface area contributed by atoms with Crippen molar-refractivity contribution in [2.75, 3.05) is 7.05 Å². The van der Waals surface area contributed by atoms with Gasteiger partial charge in [-0.15, -0.1) is 0 Å². The highest BCUT2D eigenvalue weighted by atomic mass is 16.3. The van der Waals surface area contributed by atoms with Gasteiger partial charge in [-0.05, 0) is 32.0 Å². The molecule has 0 atom stereocenters. The van der Waals surface area contributed by atoms with E-state index < -0.39 is 0 Å². The molecule has 0 spiro atoms. The number of aromatic nitrogens is 1. The van der Waals surface area contributed by atoms with Crippen LogP contribution in [0.3, 0.4) is 0 Å². The Balaban J connectivity index is 2.57. The van der Waals surface area contributed by atoms with E-state index in [9.17, 15) is 0 Å². The van der Waals surface area contributed by atoms with E-state index in [2.05, 4.69) is 30.8 Å². The summed E-state index contributed by atoms with van der Waals surface area (Å²) in [6, 6.07) is 4.16. The van der Waals surface area contributed by atoms with Gasteiger partial charge in [0.05, 0.1) is 11.9 Å². The zero-order chi connectivity index (χ0) is 11.3. The minimum absolute atomic E-state index is 0.226. The fourth-order valence-electron chi connectivity index (χ4n) is 1.81. The summed E-state index contributed by atoms with van der Waals surface area (Å²) in [5.74, 6) is 0.226. The van der Waals surface area contributed by atoms with Crippen LogP contribution >= 0.6 is 0 Å². The minimum atomic E-state index is 0.226. The van der Waals surface area contributed by atoms with Crippen LogP contribution in [0.5, 0.6) is 5.75 Å². The molecule has 0 aliphatic rings. The molecule has 3 heteroatoms. The fourth-order valence-corrected chi connectivity index (χ4v) is 1.81. The van der Waals surface area contributed by atoms with Gasteiger partial charge >= 0.3 is 0 Å². The molecule has 0 saturated heterocycles. The molecule has 1 heterocycles. The maximum atomic E-state index is 9.12. The Kier molecular flexibility index (Phi) is 4.56. The first kappa shape index (κ1) is 12.0. The summed E-state index contributed by atoms with van der Waals surface area (Å²) in [5.41, 5.74) is 1.00. The molecule has 0 fully saturated rings. The summed E-state index contributed by atoms with van der Waals surface area (Å²) < 4.78 is 0. The van der Waals surface area contributed by atoms with Crippen LogP contribution in [0.1, 0.15) is 32.4 Å². The number of nitrogens with zero attached hydrogens (tertiary/aromatic N) is 2. The van der Waals surface area contributed by atoms with Crippen molar-refractivity contribution in [3.05, 3.63) is 24.0 Å². The average molecular weight is 208 g/mol. The SMILES string of the molecule is CCC(CC)N(C)Cc1ccc(O)cn1. The number of aromatic hydroxyl groups is 1. The Morgan fingerprint density at radius 2 is 2.00 bits per heavy atom. The van der Waals surface area contributed by atoms with Crippen LogP contribution in [0.15, 0.2) is 18.3 Å². The third-order valence-electron chi connectivity index (χ3n) is 2.79. The molecule has 0 aliphatic heterocycles. The first-order chi connectivity index (χ1) is 7.17. The van der Waals surface area contributed by atoms with Gasteiger partial charge in [-0.25, -0.2) is 0 Å². The maximum absolute atomic E-state index is 9.12. The van der Waals surface area contributed by atoms with E-state index in [1.807, 2.05) is 6.07 Å². The molecule has 15 heavy (non-hydrogen) atoms. The summed E-state index contributed by atoms with van der Waals surface area (Å²) in [6.07, 6.45) is 3.81. The minimum Gasteiger partial charge on any atom is -0.506 e. The van der Waals surface area contributed by atoms with Crippen molar-refractivity contribution in [2.45, 2.75) is 39.3 Å². The number of rotatable bonds is 5. The number of hydrogen-bond acceptors (Lipinski definition) is 3. The van der Waals surface area contributed by atoms with Crippen molar-refractivity contribution in [2.24, 2.45) is 0 Å². The third-order valence-corrected chi connectivity index (χ3v) is 2.79. The van der Waals surface area contributed by atoms with E-state index in [0.29, 0.717) is 6.04 Å². The lowest BCUT2D eigenvalue weighted by atomic mass is 10.1. The molecule has 1 aromatic heterocycles. The Morgan fingerprint density at radius 3 is 2.47 bits per heavy atom. The van der Waals surface area contributed by atoms with Crippen LogP contribution in [0.25, 0.3) is 0 Å². The van der Waals surface area contributed by atoms with E-state index in [0.717, 1.165) is 25.1 Å². The van der Waals surface area contributed by atoms with Gasteiger partial charge in [-0.3, -0.25) is 9.88 Å². The summed E-state index contributed by atoms with van der Waals surface area (Å²) in [7, 11) is 2.12. The van der Waals surface area contributed by atoms with Crippen molar-refractivity contribution in [3.8, 4) is 5.75 Å². The van der Waals surface area contributed by atoms with E-state index in [1.54, 1.807) is 6.07 Å². The second kappa shape index (κ2) is 5.71. The van der Waals surface area contributed by atoms with E-state index in [4.69, 9.17) is 5.11 Å². The van der Waals surface area contributed by atoms with Crippen molar-refractivity contribution in [1.29, 1.82) is 0 Å². The molecule has 0 amide bonds. The highest BCUT2D eigenvalue weighted by molar-refractivity contribution is 5.17. The second-order valence-corrected chi connectivity index (χ2v) is 3.89. The molecule has 0 aromatic carbocycles. The molecule has 0 bridgehead atoms. The maximum Gasteiger partial charge on any atom is 0.133 e. The molecule has 1 rings (SSSR count). The van der Waals surface area contributed by atoms with Gasteiger partial charge in [0.1, 0.15) is 5.75 Å². The molecule has 84 valence electrons. The largest absolute Gasteiger partial charge is 0.506 e. The van der Waals surface area contributed by atoms with Gasteiger partial charge in [0.2, 0.25) is 0 Å². The molecule has 1 aromatic rings. The summed E-state index contributed by atoms with van der Waals surface area (Å²) >= 11 is 0. The Labute approximate surface area is 91.8 Å². The quantitative estimate of drug-likeness (QED) is 0.807. The lowest BCUT2D eigenvalue weighted by molar-refractivity contribution is 0.219. The van der Waals surface area contributed by atoms with Crippen molar-refractivity contribution in [3.63, 3.8) is 0 Å². The highest BCUT2D eigenvalue weighted by Crippen LogP contribution is 2.11. The summed E-state index contributed by atoms with van der Waals surface area (Å²) in [4.78, 5) is 6.48. The smallest absolute Gasteiger partial charge is 0.133 e. The molecular weight excluding hydrogens is 188 g/mol. The lowest BCUT2D eigenvalue weighted by Crippen LogP contribution is -2.30. The first-order valence-electron chi connectivity index (χ1n) is 5.51. The Hall–Kier alpha value is -1.09. The van der Waals surface area contributed by atoms with E-state index in [-0.39, 0.29) is 5.75 Å².